The number of hydrogen-bond acceptors (Lipinski definition) is 3. The highest BCUT2D eigenvalue weighted by Crippen LogP contribution is 2.50. The number of fused-ring (bicyclic) bond motifs is 1. The van der Waals surface area contributed by atoms with Gasteiger partial charge in [-0.3, -0.25) is 4.79 Å². The molecule has 0 amide bonds. The van der Waals surface area contributed by atoms with Gasteiger partial charge < -0.3 is 5.11 Å². The second-order valence-electron chi connectivity index (χ2n) is 6.24. The van der Waals surface area contributed by atoms with E-state index in [9.17, 15) is 18.3 Å². The molecule has 3 rings (SSSR count). The second kappa shape index (κ2) is 5.22. The Hall–Kier alpha value is -1.11. The van der Waals surface area contributed by atoms with Gasteiger partial charge in [0, 0.05) is 13.1 Å². The Morgan fingerprint density at radius 3 is 2.82 bits per heavy atom. The molecule has 120 valence electrons. The lowest BCUT2D eigenvalue weighted by Crippen LogP contribution is -2.37. The Labute approximate surface area is 134 Å². The average Bonchev–Trinajstić information content (AvgIpc) is 2.99. The molecule has 2 aliphatic rings. The highest BCUT2D eigenvalue weighted by Gasteiger charge is 2.57. The number of carbonyl (C=O) groups is 1. The van der Waals surface area contributed by atoms with Gasteiger partial charge in [-0.15, -0.1) is 0 Å². The largest absolute Gasteiger partial charge is 0.481 e. The van der Waals surface area contributed by atoms with Crippen LogP contribution >= 0.6 is 11.6 Å². The lowest BCUT2D eigenvalue weighted by Gasteiger charge is -2.23. The van der Waals surface area contributed by atoms with Crippen molar-refractivity contribution in [2.45, 2.75) is 31.1 Å². The maximum atomic E-state index is 12.9. The molecule has 1 saturated heterocycles. The zero-order valence-corrected chi connectivity index (χ0v) is 13.8. The van der Waals surface area contributed by atoms with Crippen LogP contribution in [-0.2, 0) is 14.8 Å². The number of aryl methyl sites for hydroxylation is 1. The van der Waals surface area contributed by atoms with Crippen molar-refractivity contribution in [2.75, 3.05) is 13.1 Å². The predicted molar refractivity (Wildman–Crippen MR) is 82.4 cm³/mol. The molecule has 1 aliphatic heterocycles. The van der Waals surface area contributed by atoms with Gasteiger partial charge in [-0.2, -0.15) is 4.31 Å². The summed E-state index contributed by atoms with van der Waals surface area (Å²) in [6, 6.07) is 4.88. The van der Waals surface area contributed by atoms with E-state index in [2.05, 4.69) is 0 Å². The van der Waals surface area contributed by atoms with E-state index in [0.29, 0.717) is 12.0 Å². The smallest absolute Gasteiger partial charge is 0.311 e. The fourth-order valence-electron chi connectivity index (χ4n) is 3.73. The van der Waals surface area contributed by atoms with Gasteiger partial charge in [0.15, 0.2) is 0 Å². The first-order chi connectivity index (χ1) is 10.3. The van der Waals surface area contributed by atoms with Crippen molar-refractivity contribution in [3.63, 3.8) is 0 Å². The molecule has 1 aliphatic carbocycles. The van der Waals surface area contributed by atoms with E-state index >= 15 is 0 Å². The summed E-state index contributed by atoms with van der Waals surface area (Å²) in [6.45, 7) is 2.05. The predicted octanol–water partition coefficient (Wildman–Crippen LogP) is 2.52. The normalized spacial score (nSPS) is 28.7. The summed E-state index contributed by atoms with van der Waals surface area (Å²) in [5, 5.41) is 9.79. The number of rotatable bonds is 3. The number of sulfonamides is 1. The Balaban J connectivity index is 1.99. The zero-order valence-electron chi connectivity index (χ0n) is 12.3. The highest BCUT2D eigenvalue weighted by atomic mass is 35.5. The molecule has 0 aromatic heterocycles. The molecule has 2 atom stereocenters. The van der Waals surface area contributed by atoms with Crippen LogP contribution in [-0.4, -0.2) is 36.9 Å². The van der Waals surface area contributed by atoms with Crippen LogP contribution in [0.5, 0.6) is 0 Å². The first-order valence-electron chi connectivity index (χ1n) is 7.28. The van der Waals surface area contributed by atoms with Gasteiger partial charge in [-0.25, -0.2) is 8.42 Å². The number of aliphatic carboxylic acids is 1. The van der Waals surface area contributed by atoms with Gasteiger partial charge in [0.1, 0.15) is 4.90 Å². The summed E-state index contributed by atoms with van der Waals surface area (Å²) < 4.78 is 27.0. The van der Waals surface area contributed by atoms with Gasteiger partial charge in [0.2, 0.25) is 10.0 Å². The maximum Gasteiger partial charge on any atom is 0.311 e. The fourth-order valence-corrected chi connectivity index (χ4v) is 5.85. The van der Waals surface area contributed by atoms with Gasteiger partial charge >= 0.3 is 5.97 Å². The monoisotopic (exact) mass is 343 g/mol. The van der Waals surface area contributed by atoms with Crippen LogP contribution in [0.4, 0.5) is 0 Å². The van der Waals surface area contributed by atoms with Crippen LogP contribution in [0.25, 0.3) is 0 Å². The van der Waals surface area contributed by atoms with Crippen molar-refractivity contribution < 1.29 is 18.3 Å². The standard InChI is InChI=1S/C15H18ClNO4S/c1-10-4-2-6-12(13(10)16)22(20,21)17-8-11-5-3-7-15(11,9-17)14(18)19/h2,4,6,11H,3,5,7-9H2,1H3,(H,18,19)/t11-,15+/m0/s1. The van der Waals surface area contributed by atoms with Crippen molar-refractivity contribution in [2.24, 2.45) is 11.3 Å². The molecule has 1 aromatic rings. The minimum Gasteiger partial charge on any atom is -0.481 e. The maximum absolute atomic E-state index is 12.9. The van der Waals surface area contributed by atoms with E-state index in [0.717, 1.165) is 12.8 Å². The Morgan fingerprint density at radius 2 is 2.18 bits per heavy atom. The van der Waals surface area contributed by atoms with Crippen LogP contribution in [0.15, 0.2) is 23.1 Å². The third-order valence-corrected chi connectivity index (χ3v) is 7.51. The van der Waals surface area contributed by atoms with Crippen molar-refractivity contribution in [1.82, 2.24) is 4.31 Å². The summed E-state index contributed by atoms with van der Waals surface area (Å²) in [6.07, 6.45) is 2.15. The van der Waals surface area contributed by atoms with Crippen LogP contribution in [0.2, 0.25) is 5.02 Å². The van der Waals surface area contributed by atoms with E-state index in [1.54, 1.807) is 19.1 Å². The minimum absolute atomic E-state index is 0.0413. The van der Waals surface area contributed by atoms with Crippen molar-refractivity contribution in [3.8, 4) is 0 Å². The van der Waals surface area contributed by atoms with Crippen LogP contribution < -0.4 is 0 Å². The quantitative estimate of drug-likeness (QED) is 0.915. The second-order valence-corrected chi connectivity index (χ2v) is 8.52. The Bertz CT molecular complexity index is 733. The number of hydrogen-bond donors (Lipinski definition) is 1. The molecule has 1 N–H and O–H groups in total. The molecular weight excluding hydrogens is 326 g/mol. The first kappa shape index (κ1) is 15.8. The fraction of sp³-hybridized carbons (Fsp3) is 0.533. The molecule has 2 fully saturated rings. The van der Waals surface area contributed by atoms with Crippen LogP contribution in [0.1, 0.15) is 24.8 Å². The summed E-state index contributed by atoms with van der Waals surface area (Å²) >= 11 is 6.15. The topological polar surface area (TPSA) is 74.7 Å². The van der Waals surface area contributed by atoms with E-state index < -0.39 is 21.4 Å². The molecule has 0 bridgehead atoms. The van der Waals surface area contributed by atoms with Crippen molar-refractivity contribution in [3.05, 3.63) is 28.8 Å². The molecule has 1 aromatic carbocycles. The lowest BCUT2D eigenvalue weighted by atomic mass is 9.81. The first-order valence-corrected chi connectivity index (χ1v) is 9.09. The van der Waals surface area contributed by atoms with E-state index in [4.69, 9.17) is 11.6 Å². The van der Waals surface area contributed by atoms with Gasteiger partial charge in [0.05, 0.1) is 10.4 Å². The molecule has 1 saturated carbocycles. The highest BCUT2D eigenvalue weighted by molar-refractivity contribution is 7.89. The van der Waals surface area contributed by atoms with E-state index in [1.165, 1.54) is 10.4 Å². The van der Waals surface area contributed by atoms with Crippen molar-refractivity contribution >= 4 is 27.6 Å². The summed E-state index contributed by atoms with van der Waals surface area (Å²) in [7, 11) is -3.77. The minimum atomic E-state index is -3.77. The SMILES string of the molecule is Cc1cccc(S(=O)(=O)N2C[C@@H]3CCC[C@@]3(C(=O)O)C2)c1Cl. The third-order valence-electron chi connectivity index (χ3n) is 5.04. The lowest BCUT2D eigenvalue weighted by molar-refractivity contribution is -0.149. The zero-order chi connectivity index (χ0) is 16.1. The molecular formula is C15H18ClNO4S. The number of carboxylic acids is 1. The molecule has 0 radical (unpaired) electrons. The van der Waals surface area contributed by atoms with E-state index in [1.807, 2.05) is 0 Å². The average molecular weight is 344 g/mol. The third kappa shape index (κ3) is 2.16. The summed E-state index contributed by atoms with van der Waals surface area (Å²) in [5.74, 6) is -0.994. The molecule has 22 heavy (non-hydrogen) atoms. The van der Waals surface area contributed by atoms with Gasteiger partial charge in [-0.1, -0.05) is 30.2 Å². The molecule has 5 nitrogen and oxygen atoms in total. The number of benzene rings is 1. The Kier molecular flexibility index (Phi) is 3.74. The van der Waals surface area contributed by atoms with E-state index in [-0.39, 0.29) is 28.9 Å². The number of carboxylic acid groups (broad SMARTS) is 1. The molecule has 0 spiro atoms. The summed E-state index contributed by atoms with van der Waals surface area (Å²) in [5.41, 5.74) is -0.237. The summed E-state index contributed by atoms with van der Waals surface area (Å²) in [4.78, 5) is 11.8. The van der Waals surface area contributed by atoms with Crippen molar-refractivity contribution in [1.29, 1.82) is 0 Å². The molecule has 1 heterocycles. The van der Waals surface area contributed by atoms with Gasteiger partial charge in [0.25, 0.3) is 0 Å². The van der Waals surface area contributed by atoms with Crippen LogP contribution in [0.3, 0.4) is 0 Å². The Morgan fingerprint density at radius 1 is 1.45 bits per heavy atom. The molecule has 0 unspecified atom stereocenters. The number of halogens is 1. The van der Waals surface area contributed by atoms with Crippen LogP contribution in [0, 0.1) is 18.3 Å². The van der Waals surface area contributed by atoms with Gasteiger partial charge in [-0.05, 0) is 37.3 Å². The number of nitrogens with zero attached hydrogens (tertiary/aromatic N) is 1. The molecule has 7 heteroatoms.